The fraction of sp³-hybridized carbons (Fsp3) is 0.160. The summed E-state index contributed by atoms with van der Waals surface area (Å²) in [5.74, 6) is 0.742. The molecule has 0 radical (unpaired) electrons. The summed E-state index contributed by atoms with van der Waals surface area (Å²) in [5.41, 5.74) is 4.20. The van der Waals surface area contributed by atoms with E-state index in [0.29, 0.717) is 11.5 Å². The Bertz CT molecular complexity index is 1060. The zero-order chi connectivity index (χ0) is 21.6. The molecule has 0 aliphatic carbocycles. The Morgan fingerprint density at radius 3 is 2.35 bits per heavy atom. The monoisotopic (exact) mass is 542 g/mol. The molecule has 0 spiro atoms. The number of ether oxygens (including phenoxy) is 1. The molecule has 4 rings (SSSR count). The van der Waals surface area contributed by atoms with Crippen LogP contribution in [0.4, 0.5) is 5.69 Å². The third-order valence-corrected chi connectivity index (χ3v) is 6.64. The Morgan fingerprint density at radius 1 is 1.00 bits per heavy atom. The quantitative estimate of drug-likeness (QED) is 0.283. The molecule has 1 aliphatic rings. The first kappa shape index (κ1) is 21.8. The SMILES string of the molecule is CCc1ccc(N[C@@H]2NC(=O)/C(=C/c3ccc(OCc4ccc(I)cc4)cc3)S2)cc1. The van der Waals surface area contributed by atoms with Gasteiger partial charge < -0.3 is 15.4 Å². The highest BCUT2D eigenvalue weighted by molar-refractivity contribution is 14.1. The molecule has 1 atom stereocenters. The van der Waals surface area contributed by atoms with E-state index in [0.717, 1.165) is 29.0 Å². The second-order valence-electron chi connectivity index (χ2n) is 7.16. The second kappa shape index (κ2) is 10.2. The summed E-state index contributed by atoms with van der Waals surface area (Å²) < 4.78 is 7.07. The van der Waals surface area contributed by atoms with Crippen molar-refractivity contribution < 1.29 is 9.53 Å². The Kier molecular flexibility index (Phi) is 7.19. The van der Waals surface area contributed by atoms with Crippen molar-refractivity contribution in [2.24, 2.45) is 0 Å². The van der Waals surface area contributed by atoms with Gasteiger partial charge in [-0.3, -0.25) is 4.79 Å². The van der Waals surface area contributed by atoms with Crippen molar-refractivity contribution in [3.8, 4) is 5.75 Å². The van der Waals surface area contributed by atoms with Crippen LogP contribution in [0.15, 0.2) is 77.7 Å². The first-order chi connectivity index (χ1) is 15.1. The molecule has 158 valence electrons. The van der Waals surface area contributed by atoms with Crippen LogP contribution in [0.2, 0.25) is 0 Å². The smallest absolute Gasteiger partial charge is 0.260 e. The molecule has 0 unspecified atom stereocenters. The van der Waals surface area contributed by atoms with Crippen LogP contribution in [-0.2, 0) is 17.8 Å². The molecule has 1 amide bonds. The van der Waals surface area contributed by atoms with E-state index in [1.54, 1.807) is 0 Å². The first-order valence-corrected chi connectivity index (χ1v) is 12.1. The normalized spacial score (nSPS) is 16.9. The van der Waals surface area contributed by atoms with Gasteiger partial charge in [0, 0.05) is 9.26 Å². The Balaban J connectivity index is 1.34. The van der Waals surface area contributed by atoms with Gasteiger partial charge in [0.25, 0.3) is 5.91 Å². The van der Waals surface area contributed by atoms with Gasteiger partial charge in [-0.25, -0.2) is 0 Å². The molecule has 31 heavy (non-hydrogen) atoms. The number of carbonyl (C=O) groups excluding carboxylic acids is 1. The molecule has 3 aromatic rings. The van der Waals surface area contributed by atoms with Gasteiger partial charge in [0.1, 0.15) is 12.4 Å². The Morgan fingerprint density at radius 2 is 1.68 bits per heavy atom. The van der Waals surface area contributed by atoms with Gasteiger partial charge in [0.2, 0.25) is 0 Å². The van der Waals surface area contributed by atoms with Gasteiger partial charge in [-0.05, 0) is 88.2 Å². The lowest BCUT2D eigenvalue weighted by molar-refractivity contribution is -0.116. The van der Waals surface area contributed by atoms with Crippen molar-refractivity contribution in [3.63, 3.8) is 0 Å². The Labute approximate surface area is 200 Å². The number of thioether (sulfide) groups is 1. The molecule has 0 bridgehead atoms. The maximum absolute atomic E-state index is 12.4. The van der Waals surface area contributed by atoms with Gasteiger partial charge >= 0.3 is 0 Å². The predicted octanol–water partition coefficient (Wildman–Crippen LogP) is 6.03. The van der Waals surface area contributed by atoms with E-state index in [-0.39, 0.29) is 11.4 Å². The summed E-state index contributed by atoms with van der Waals surface area (Å²) in [6.45, 7) is 2.66. The molecule has 6 heteroatoms. The number of anilines is 1. The molecule has 4 nitrogen and oxygen atoms in total. The molecule has 1 heterocycles. The second-order valence-corrected chi connectivity index (χ2v) is 9.55. The van der Waals surface area contributed by atoms with E-state index in [1.165, 1.54) is 20.9 Å². The molecule has 2 N–H and O–H groups in total. The van der Waals surface area contributed by atoms with Crippen molar-refractivity contribution in [1.29, 1.82) is 0 Å². The number of hydrogen-bond acceptors (Lipinski definition) is 4. The lowest BCUT2D eigenvalue weighted by atomic mass is 10.1. The van der Waals surface area contributed by atoms with E-state index < -0.39 is 0 Å². The van der Waals surface area contributed by atoms with Crippen LogP contribution in [0.3, 0.4) is 0 Å². The number of amides is 1. The van der Waals surface area contributed by atoms with Crippen LogP contribution in [-0.4, -0.2) is 11.4 Å². The number of hydrogen-bond donors (Lipinski definition) is 2. The van der Waals surface area contributed by atoms with Crippen molar-refractivity contribution in [2.45, 2.75) is 25.4 Å². The van der Waals surface area contributed by atoms with Crippen LogP contribution in [0.25, 0.3) is 6.08 Å². The molecule has 1 aliphatic heterocycles. The molecular formula is C25H23IN2O2S. The van der Waals surface area contributed by atoms with E-state index >= 15 is 0 Å². The van der Waals surface area contributed by atoms with Crippen LogP contribution in [0, 0.1) is 3.57 Å². The van der Waals surface area contributed by atoms with Crippen LogP contribution in [0.5, 0.6) is 5.75 Å². The standard InChI is InChI=1S/C25H23IN2O2S/c1-2-17-5-11-21(12-6-17)27-25-28-24(29)23(31-25)15-18-7-13-22(14-8-18)30-16-19-3-9-20(26)10-4-19/h3-15,25,27H,2,16H2,1H3,(H,28,29)/b23-15-/t25-/m1/s1. The zero-order valence-electron chi connectivity index (χ0n) is 17.1. The van der Waals surface area contributed by atoms with Gasteiger partial charge in [-0.1, -0.05) is 55.1 Å². The average molecular weight is 542 g/mol. The summed E-state index contributed by atoms with van der Waals surface area (Å²) in [6.07, 6.45) is 2.92. The van der Waals surface area contributed by atoms with Gasteiger partial charge in [-0.2, -0.15) is 0 Å². The van der Waals surface area contributed by atoms with E-state index in [4.69, 9.17) is 4.74 Å². The number of nitrogens with one attached hydrogen (secondary N) is 2. The minimum atomic E-state index is -0.178. The van der Waals surface area contributed by atoms with Crippen molar-refractivity contribution in [1.82, 2.24) is 5.32 Å². The minimum absolute atomic E-state index is 0.0632. The summed E-state index contributed by atoms with van der Waals surface area (Å²) in [4.78, 5) is 13.1. The molecule has 0 aromatic heterocycles. The van der Waals surface area contributed by atoms with Crippen molar-refractivity contribution in [2.75, 3.05) is 5.32 Å². The highest BCUT2D eigenvalue weighted by Gasteiger charge is 2.27. The highest BCUT2D eigenvalue weighted by Crippen LogP contribution is 2.30. The third-order valence-electron chi connectivity index (χ3n) is 4.89. The number of halogens is 1. The summed E-state index contributed by atoms with van der Waals surface area (Å²) >= 11 is 3.78. The molecule has 1 fully saturated rings. The largest absolute Gasteiger partial charge is 0.489 e. The maximum Gasteiger partial charge on any atom is 0.260 e. The number of benzene rings is 3. The molecular weight excluding hydrogens is 519 g/mol. The number of aryl methyl sites for hydroxylation is 1. The minimum Gasteiger partial charge on any atom is -0.489 e. The average Bonchev–Trinajstić information content (AvgIpc) is 3.13. The van der Waals surface area contributed by atoms with E-state index in [1.807, 2.05) is 42.5 Å². The summed E-state index contributed by atoms with van der Waals surface area (Å²) in [5, 5.41) is 6.33. The van der Waals surface area contributed by atoms with E-state index in [2.05, 4.69) is 76.5 Å². The summed E-state index contributed by atoms with van der Waals surface area (Å²) in [6, 6.07) is 24.4. The van der Waals surface area contributed by atoms with Crippen LogP contribution in [0.1, 0.15) is 23.6 Å². The third kappa shape index (κ3) is 6.04. The molecule has 0 saturated carbocycles. The van der Waals surface area contributed by atoms with Crippen molar-refractivity contribution in [3.05, 3.63) is 98.0 Å². The van der Waals surface area contributed by atoms with E-state index in [9.17, 15) is 4.79 Å². The lowest BCUT2D eigenvalue weighted by Crippen LogP contribution is -2.30. The molecule has 1 saturated heterocycles. The van der Waals surface area contributed by atoms with Gasteiger partial charge in [0.05, 0.1) is 4.91 Å². The highest BCUT2D eigenvalue weighted by atomic mass is 127. The van der Waals surface area contributed by atoms with Crippen molar-refractivity contribution >= 4 is 52.0 Å². The first-order valence-electron chi connectivity index (χ1n) is 10.1. The van der Waals surface area contributed by atoms with Gasteiger partial charge in [0.15, 0.2) is 5.50 Å². The lowest BCUT2D eigenvalue weighted by Gasteiger charge is -2.12. The maximum atomic E-state index is 12.4. The van der Waals surface area contributed by atoms with Crippen LogP contribution >= 0.6 is 34.4 Å². The van der Waals surface area contributed by atoms with Crippen LogP contribution < -0.4 is 15.4 Å². The topological polar surface area (TPSA) is 50.4 Å². The zero-order valence-corrected chi connectivity index (χ0v) is 20.1. The summed E-state index contributed by atoms with van der Waals surface area (Å²) in [7, 11) is 0. The fourth-order valence-electron chi connectivity index (χ4n) is 3.11. The fourth-order valence-corrected chi connectivity index (χ4v) is 4.46. The number of carbonyl (C=O) groups is 1. The van der Waals surface area contributed by atoms with Gasteiger partial charge in [-0.15, -0.1) is 0 Å². The predicted molar refractivity (Wildman–Crippen MR) is 137 cm³/mol. The Hall–Kier alpha value is -2.45. The molecule has 3 aromatic carbocycles. The number of rotatable bonds is 7.